The summed E-state index contributed by atoms with van der Waals surface area (Å²) in [6, 6.07) is 9.48. The number of alkyl halides is 2. The van der Waals surface area contributed by atoms with Crippen molar-refractivity contribution >= 4 is 30.8 Å². The van der Waals surface area contributed by atoms with E-state index in [1.54, 1.807) is 0 Å². The van der Waals surface area contributed by atoms with Crippen molar-refractivity contribution in [2.24, 2.45) is 23.7 Å². The second-order valence-corrected chi connectivity index (χ2v) is 11.7. The van der Waals surface area contributed by atoms with E-state index >= 15 is 0 Å². The van der Waals surface area contributed by atoms with Gasteiger partial charge in [-0.05, 0) is 30.6 Å². The van der Waals surface area contributed by atoms with Crippen LogP contribution in [0.4, 0.5) is 0 Å². The van der Waals surface area contributed by atoms with Crippen molar-refractivity contribution in [3.63, 3.8) is 0 Å². The smallest absolute Gasteiger partial charge is 0.336 e. The van der Waals surface area contributed by atoms with Gasteiger partial charge in [-0.2, -0.15) is 0 Å². The maximum absolute atomic E-state index is 11.9. The molecule has 2 N–H and O–H groups in total. The number of ether oxygens (including phenoxy) is 2. The zero-order valence-electron chi connectivity index (χ0n) is 16.4. The third-order valence-electron chi connectivity index (χ3n) is 6.22. The summed E-state index contributed by atoms with van der Waals surface area (Å²) in [5.41, 5.74) is -0.673. The van der Waals surface area contributed by atoms with Crippen molar-refractivity contribution in [3.8, 4) is 0 Å². The lowest BCUT2D eigenvalue weighted by molar-refractivity contribution is -0.336. The van der Waals surface area contributed by atoms with E-state index in [9.17, 15) is 14.4 Å². The van der Waals surface area contributed by atoms with Gasteiger partial charge >= 0.3 is 7.60 Å². The number of halogens is 2. The predicted octanol–water partition coefficient (Wildman–Crippen LogP) is 5.27. The van der Waals surface area contributed by atoms with Crippen LogP contribution in [0.25, 0.3) is 0 Å². The van der Waals surface area contributed by atoms with Crippen LogP contribution < -0.4 is 0 Å². The highest BCUT2D eigenvalue weighted by Gasteiger charge is 2.61. The van der Waals surface area contributed by atoms with Crippen LogP contribution >= 0.6 is 30.8 Å². The first kappa shape index (κ1) is 22.6. The lowest BCUT2D eigenvalue weighted by atomic mass is 9.65. The molecule has 0 bridgehead atoms. The second-order valence-electron chi connectivity index (χ2n) is 8.55. The molecule has 1 aromatic carbocycles. The minimum Gasteiger partial charge on any atom is -0.344 e. The number of hydrogen-bond acceptors (Lipinski definition) is 3. The molecule has 1 saturated carbocycles. The van der Waals surface area contributed by atoms with Crippen LogP contribution in [0.2, 0.25) is 0 Å². The first-order chi connectivity index (χ1) is 13.0. The molecule has 1 aliphatic carbocycles. The molecule has 0 amide bonds. The largest absolute Gasteiger partial charge is 0.344 e. The van der Waals surface area contributed by atoms with Crippen LogP contribution in [-0.2, 0) is 19.8 Å². The van der Waals surface area contributed by atoms with E-state index < -0.39 is 23.6 Å². The topological polar surface area (TPSA) is 76.0 Å². The average molecular weight is 451 g/mol. The standard InChI is InChI=1S/C20H29Cl2O5P/c1-13(2)16-10-9-14(3)11-17(16)19(15-7-5-4-6-8-15)26-12-18(28(23,24)25)20(21,22)27-19/h4-8,13-14,16-18H,9-12H2,1-3H3,(H2,23,24,25)/t14?,16?,17?,18-,19-/m1/s1. The first-order valence-electron chi connectivity index (χ1n) is 9.80. The average Bonchev–Trinajstić information content (AvgIpc) is 2.60. The molecule has 28 heavy (non-hydrogen) atoms. The molecule has 8 heteroatoms. The van der Waals surface area contributed by atoms with E-state index in [0.717, 1.165) is 24.8 Å². The minimum atomic E-state index is -4.61. The summed E-state index contributed by atoms with van der Waals surface area (Å²) in [6.45, 7) is 6.30. The minimum absolute atomic E-state index is 0.0340. The Bertz CT molecular complexity index is 723. The number of rotatable bonds is 4. The highest BCUT2D eigenvalue weighted by Crippen LogP contribution is 2.60. The van der Waals surface area contributed by atoms with E-state index in [0.29, 0.717) is 17.8 Å². The Labute approximate surface area is 176 Å². The molecule has 2 fully saturated rings. The maximum atomic E-state index is 11.9. The molecule has 1 aromatic rings. The third kappa shape index (κ3) is 4.32. The summed E-state index contributed by atoms with van der Waals surface area (Å²) in [6.07, 6.45) is 3.02. The van der Waals surface area contributed by atoms with Gasteiger partial charge in [0.15, 0.2) is 0 Å². The molecule has 3 rings (SSSR count). The molecule has 5 atom stereocenters. The van der Waals surface area contributed by atoms with Crippen molar-refractivity contribution in [1.29, 1.82) is 0 Å². The summed E-state index contributed by atoms with van der Waals surface area (Å²) < 4.78 is 22.2. The van der Waals surface area contributed by atoms with E-state index in [1.165, 1.54) is 0 Å². The Morgan fingerprint density at radius 1 is 1.18 bits per heavy atom. The normalized spacial score (nSPS) is 36.4. The van der Waals surface area contributed by atoms with Gasteiger partial charge in [0.25, 0.3) is 0 Å². The molecule has 158 valence electrons. The van der Waals surface area contributed by atoms with Gasteiger partial charge in [-0.25, -0.2) is 0 Å². The van der Waals surface area contributed by atoms with E-state index in [-0.39, 0.29) is 12.5 Å². The summed E-state index contributed by atoms with van der Waals surface area (Å²) in [7, 11) is -4.61. The van der Waals surface area contributed by atoms with Crippen LogP contribution in [0.5, 0.6) is 0 Å². The quantitative estimate of drug-likeness (QED) is 0.482. The monoisotopic (exact) mass is 450 g/mol. The Hall–Kier alpha value is -0.130. The summed E-state index contributed by atoms with van der Waals surface area (Å²) >= 11 is 12.8. The van der Waals surface area contributed by atoms with Crippen LogP contribution in [0.15, 0.2) is 30.3 Å². The van der Waals surface area contributed by atoms with Crippen molar-refractivity contribution < 1.29 is 23.8 Å². The molecule has 0 radical (unpaired) electrons. The highest BCUT2D eigenvalue weighted by molar-refractivity contribution is 7.53. The fraction of sp³-hybridized carbons (Fsp3) is 0.700. The molecule has 1 heterocycles. The predicted molar refractivity (Wildman–Crippen MR) is 110 cm³/mol. The van der Waals surface area contributed by atoms with E-state index in [4.69, 9.17) is 32.7 Å². The van der Waals surface area contributed by atoms with E-state index in [2.05, 4.69) is 20.8 Å². The first-order valence-corrected chi connectivity index (χ1v) is 12.2. The Morgan fingerprint density at radius 3 is 2.36 bits per heavy atom. The zero-order chi connectivity index (χ0) is 20.7. The molecule has 1 aliphatic heterocycles. The fourth-order valence-electron chi connectivity index (χ4n) is 4.74. The Kier molecular flexibility index (Phi) is 6.59. The van der Waals surface area contributed by atoms with Gasteiger partial charge in [0, 0.05) is 11.5 Å². The van der Waals surface area contributed by atoms with Crippen LogP contribution in [-0.4, -0.2) is 26.6 Å². The van der Waals surface area contributed by atoms with Gasteiger partial charge in [0.2, 0.25) is 10.3 Å². The molecule has 1 saturated heterocycles. The summed E-state index contributed by atoms with van der Waals surface area (Å²) in [5, 5.41) is 0. The molecule has 0 aromatic heterocycles. The summed E-state index contributed by atoms with van der Waals surface area (Å²) in [4.78, 5) is 19.4. The highest BCUT2D eigenvalue weighted by atomic mass is 35.5. The molecule has 2 aliphatic rings. The number of benzene rings is 1. The van der Waals surface area contributed by atoms with Crippen molar-refractivity contribution in [3.05, 3.63) is 35.9 Å². The van der Waals surface area contributed by atoms with Crippen molar-refractivity contribution in [1.82, 2.24) is 0 Å². The molecular weight excluding hydrogens is 422 g/mol. The van der Waals surface area contributed by atoms with Crippen LogP contribution in [0, 0.1) is 23.7 Å². The molecule has 0 spiro atoms. The Morgan fingerprint density at radius 2 is 1.82 bits per heavy atom. The number of hydrogen-bond donors (Lipinski definition) is 2. The second kappa shape index (κ2) is 8.19. The lowest BCUT2D eigenvalue weighted by Gasteiger charge is -2.54. The lowest BCUT2D eigenvalue weighted by Crippen LogP contribution is -2.58. The molecule has 3 unspecified atom stereocenters. The van der Waals surface area contributed by atoms with Crippen molar-refractivity contribution in [2.75, 3.05) is 6.61 Å². The van der Waals surface area contributed by atoms with Gasteiger partial charge < -0.3 is 19.3 Å². The zero-order valence-corrected chi connectivity index (χ0v) is 18.8. The van der Waals surface area contributed by atoms with Crippen molar-refractivity contribution in [2.45, 2.75) is 56.0 Å². The van der Waals surface area contributed by atoms with Crippen LogP contribution in [0.3, 0.4) is 0 Å². The summed E-state index contributed by atoms with van der Waals surface area (Å²) in [5.74, 6) is -0.0994. The van der Waals surface area contributed by atoms with Crippen LogP contribution in [0.1, 0.15) is 45.6 Å². The fourth-order valence-corrected chi connectivity index (χ4v) is 6.57. The SMILES string of the molecule is CC1CCC(C(C)C)C([C@]2(c3ccccc3)OC[C@@H](P(=O)(O)O)C(Cl)(Cl)O2)C1. The van der Waals surface area contributed by atoms with Gasteiger partial charge in [-0.3, -0.25) is 4.57 Å². The van der Waals surface area contributed by atoms with Gasteiger partial charge in [0.1, 0.15) is 5.66 Å². The third-order valence-corrected chi connectivity index (χ3v) is 8.53. The Balaban J connectivity index is 2.09. The van der Waals surface area contributed by atoms with Gasteiger partial charge in [0.05, 0.1) is 6.61 Å². The van der Waals surface area contributed by atoms with E-state index in [1.807, 2.05) is 30.3 Å². The maximum Gasteiger partial charge on any atom is 0.336 e. The molecular formula is C20H29Cl2O5P. The molecule has 5 nitrogen and oxygen atoms in total. The van der Waals surface area contributed by atoms with Gasteiger partial charge in [-0.15, -0.1) is 0 Å². The van der Waals surface area contributed by atoms with Gasteiger partial charge in [-0.1, -0.05) is 80.7 Å².